The fourth-order valence-corrected chi connectivity index (χ4v) is 4.93. The van der Waals surface area contributed by atoms with E-state index < -0.39 is 0 Å². The summed E-state index contributed by atoms with van der Waals surface area (Å²) < 4.78 is 1.24. The maximum Gasteiger partial charge on any atom is 0.222 e. The largest absolute Gasteiger partial charge is 0.345 e. The summed E-state index contributed by atoms with van der Waals surface area (Å²) in [5.41, 5.74) is 1.08. The van der Waals surface area contributed by atoms with Crippen LogP contribution in [0, 0.1) is 5.92 Å². The number of hydrogen-bond donors (Lipinski definition) is 0. The Balaban J connectivity index is 1.33. The SMILES string of the molecule is O=C(CC1CCCCC1)N1CCN(c2nc3ccccc3s2)CC1. The number of para-hydroxylation sites is 1. The van der Waals surface area contributed by atoms with Crippen LogP contribution in [-0.4, -0.2) is 42.0 Å². The normalized spacial score (nSPS) is 19.8. The van der Waals surface area contributed by atoms with Crippen LogP contribution >= 0.6 is 11.3 Å². The molecule has 0 spiro atoms. The number of rotatable bonds is 3. The van der Waals surface area contributed by atoms with E-state index in [-0.39, 0.29) is 0 Å². The number of aromatic nitrogens is 1. The third-order valence-electron chi connectivity index (χ3n) is 5.37. The van der Waals surface area contributed by atoms with Gasteiger partial charge in [0, 0.05) is 32.6 Å². The summed E-state index contributed by atoms with van der Waals surface area (Å²) in [5, 5.41) is 1.09. The zero-order chi connectivity index (χ0) is 16.4. The lowest BCUT2D eigenvalue weighted by molar-refractivity contribution is -0.132. The van der Waals surface area contributed by atoms with Gasteiger partial charge in [0.2, 0.25) is 5.91 Å². The first kappa shape index (κ1) is 15.9. The first-order valence-electron chi connectivity index (χ1n) is 9.18. The minimum atomic E-state index is 0.367. The van der Waals surface area contributed by atoms with E-state index in [9.17, 15) is 4.79 Å². The highest BCUT2D eigenvalue weighted by atomic mass is 32.1. The molecule has 24 heavy (non-hydrogen) atoms. The van der Waals surface area contributed by atoms with Crippen LogP contribution in [0.1, 0.15) is 38.5 Å². The number of nitrogens with zero attached hydrogens (tertiary/aromatic N) is 3. The van der Waals surface area contributed by atoms with E-state index in [1.807, 2.05) is 6.07 Å². The molecule has 4 nitrogen and oxygen atoms in total. The maximum absolute atomic E-state index is 12.5. The fraction of sp³-hybridized carbons (Fsp3) is 0.579. The number of amides is 1. The predicted molar refractivity (Wildman–Crippen MR) is 99.6 cm³/mol. The molecule has 5 heteroatoms. The molecule has 0 atom stereocenters. The topological polar surface area (TPSA) is 36.4 Å². The molecule has 1 aromatic heterocycles. The molecule has 2 fully saturated rings. The van der Waals surface area contributed by atoms with Gasteiger partial charge in [-0.15, -0.1) is 0 Å². The Hall–Kier alpha value is -1.62. The molecule has 1 aromatic carbocycles. The van der Waals surface area contributed by atoms with Gasteiger partial charge >= 0.3 is 0 Å². The van der Waals surface area contributed by atoms with Gasteiger partial charge in [-0.1, -0.05) is 42.7 Å². The van der Waals surface area contributed by atoms with Gasteiger partial charge in [-0.05, 0) is 30.9 Å². The molecule has 1 saturated heterocycles. The fourth-order valence-electron chi connectivity index (χ4n) is 3.91. The average Bonchev–Trinajstić information content (AvgIpc) is 3.07. The van der Waals surface area contributed by atoms with E-state index in [0.29, 0.717) is 11.8 Å². The Kier molecular flexibility index (Phi) is 4.69. The van der Waals surface area contributed by atoms with Crippen LogP contribution in [0.25, 0.3) is 10.2 Å². The Morgan fingerprint density at radius 3 is 2.58 bits per heavy atom. The number of piperazine rings is 1. The highest BCUT2D eigenvalue weighted by Crippen LogP contribution is 2.30. The van der Waals surface area contributed by atoms with Crippen molar-refractivity contribution in [1.29, 1.82) is 0 Å². The van der Waals surface area contributed by atoms with Crippen molar-refractivity contribution in [1.82, 2.24) is 9.88 Å². The lowest BCUT2D eigenvalue weighted by Crippen LogP contribution is -2.49. The first-order chi connectivity index (χ1) is 11.8. The number of thiazole rings is 1. The van der Waals surface area contributed by atoms with Crippen molar-refractivity contribution >= 4 is 32.6 Å². The van der Waals surface area contributed by atoms with E-state index in [1.165, 1.54) is 36.8 Å². The van der Waals surface area contributed by atoms with E-state index >= 15 is 0 Å². The Labute approximate surface area is 147 Å². The number of carbonyl (C=O) groups is 1. The smallest absolute Gasteiger partial charge is 0.222 e. The van der Waals surface area contributed by atoms with Crippen LogP contribution in [0.2, 0.25) is 0 Å². The van der Waals surface area contributed by atoms with Crippen molar-refractivity contribution in [3.63, 3.8) is 0 Å². The molecule has 0 N–H and O–H groups in total. The van der Waals surface area contributed by atoms with Crippen molar-refractivity contribution < 1.29 is 4.79 Å². The van der Waals surface area contributed by atoms with Gasteiger partial charge in [-0.2, -0.15) is 0 Å². The molecule has 4 rings (SSSR count). The van der Waals surface area contributed by atoms with Gasteiger partial charge in [0.1, 0.15) is 0 Å². The lowest BCUT2D eigenvalue weighted by atomic mass is 9.86. The van der Waals surface area contributed by atoms with Gasteiger partial charge in [-0.25, -0.2) is 4.98 Å². The molecule has 1 aliphatic carbocycles. The Bertz CT molecular complexity index is 666. The van der Waals surface area contributed by atoms with Gasteiger partial charge in [0.15, 0.2) is 5.13 Å². The standard InChI is InChI=1S/C19H25N3OS/c23-18(14-15-6-2-1-3-7-15)21-10-12-22(13-11-21)19-20-16-8-4-5-9-17(16)24-19/h4-5,8-9,15H,1-3,6-7,10-14H2. The minimum absolute atomic E-state index is 0.367. The summed E-state index contributed by atoms with van der Waals surface area (Å²) in [4.78, 5) is 21.7. The number of fused-ring (bicyclic) bond motifs is 1. The van der Waals surface area contributed by atoms with E-state index in [2.05, 4.69) is 28.0 Å². The number of carbonyl (C=O) groups excluding carboxylic acids is 1. The van der Waals surface area contributed by atoms with Gasteiger partial charge in [0.05, 0.1) is 10.2 Å². The second kappa shape index (κ2) is 7.09. The quantitative estimate of drug-likeness (QED) is 0.848. The predicted octanol–water partition coefficient (Wildman–Crippen LogP) is 3.92. The molecule has 2 heterocycles. The second-order valence-corrected chi connectivity index (χ2v) is 8.05. The van der Waals surface area contributed by atoms with Crippen molar-refractivity contribution in [2.45, 2.75) is 38.5 Å². The van der Waals surface area contributed by atoms with Crippen molar-refractivity contribution in [2.24, 2.45) is 5.92 Å². The van der Waals surface area contributed by atoms with E-state index in [1.54, 1.807) is 11.3 Å². The Morgan fingerprint density at radius 1 is 1.08 bits per heavy atom. The number of anilines is 1. The molecule has 1 aliphatic heterocycles. The highest BCUT2D eigenvalue weighted by molar-refractivity contribution is 7.22. The van der Waals surface area contributed by atoms with Crippen LogP contribution in [0.15, 0.2) is 24.3 Å². The monoisotopic (exact) mass is 343 g/mol. The van der Waals surface area contributed by atoms with Crippen LogP contribution in [0.5, 0.6) is 0 Å². The molecular formula is C19H25N3OS. The third kappa shape index (κ3) is 3.41. The highest BCUT2D eigenvalue weighted by Gasteiger charge is 2.25. The summed E-state index contributed by atoms with van der Waals surface area (Å²) in [6.45, 7) is 3.47. The molecule has 1 saturated carbocycles. The molecule has 2 aliphatic rings. The molecule has 0 unspecified atom stereocenters. The Morgan fingerprint density at radius 2 is 1.83 bits per heavy atom. The second-order valence-electron chi connectivity index (χ2n) is 7.04. The van der Waals surface area contributed by atoms with Crippen molar-refractivity contribution in [3.05, 3.63) is 24.3 Å². The maximum atomic E-state index is 12.5. The molecule has 2 aromatic rings. The molecule has 0 bridgehead atoms. The van der Waals surface area contributed by atoms with Crippen LogP contribution in [0.4, 0.5) is 5.13 Å². The molecule has 128 valence electrons. The summed E-state index contributed by atoms with van der Waals surface area (Å²) in [7, 11) is 0. The molecule has 1 amide bonds. The summed E-state index contributed by atoms with van der Waals surface area (Å²) in [6.07, 6.45) is 7.23. The van der Waals surface area contributed by atoms with Crippen LogP contribution < -0.4 is 4.90 Å². The number of benzene rings is 1. The van der Waals surface area contributed by atoms with E-state index in [0.717, 1.165) is 43.2 Å². The van der Waals surface area contributed by atoms with Crippen molar-refractivity contribution in [3.8, 4) is 0 Å². The lowest BCUT2D eigenvalue weighted by Gasteiger charge is -2.35. The minimum Gasteiger partial charge on any atom is -0.345 e. The van der Waals surface area contributed by atoms with Crippen LogP contribution in [0.3, 0.4) is 0 Å². The van der Waals surface area contributed by atoms with Crippen LogP contribution in [-0.2, 0) is 4.79 Å². The average molecular weight is 343 g/mol. The summed E-state index contributed by atoms with van der Waals surface area (Å²) >= 11 is 1.75. The van der Waals surface area contributed by atoms with Crippen molar-refractivity contribution in [2.75, 3.05) is 31.1 Å². The van der Waals surface area contributed by atoms with Gasteiger partial charge in [-0.3, -0.25) is 4.79 Å². The summed E-state index contributed by atoms with van der Waals surface area (Å²) in [5.74, 6) is 0.999. The van der Waals surface area contributed by atoms with Gasteiger partial charge in [0.25, 0.3) is 0 Å². The first-order valence-corrected chi connectivity index (χ1v) is 9.99. The van der Waals surface area contributed by atoms with E-state index in [4.69, 9.17) is 4.98 Å². The third-order valence-corrected chi connectivity index (χ3v) is 6.47. The molecular weight excluding hydrogens is 318 g/mol. The zero-order valence-corrected chi connectivity index (χ0v) is 14.9. The van der Waals surface area contributed by atoms with Gasteiger partial charge < -0.3 is 9.80 Å². The number of hydrogen-bond acceptors (Lipinski definition) is 4. The summed E-state index contributed by atoms with van der Waals surface area (Å²) in [6, 6.07) is 8.29. The molecule has 0 radical (unpaired) electrons. The zero-order valence-electron chi connectivity index (χ0n) is 14.1.